The Morgan fingerprint density at radius 3 is 2.33 bits per heavy atom. The summed E-state index contributed by atoms with van der Waals surface area (Å²) in [4.78, 5) is 13.2. The van der Waals surface area contributed by atoms with Crippen molar-refractivity contribution in [1.29, 1.82) is 0 Å². The van der Waals surface area contributed by atoms with Crippen LogP contribution in [0.2, 0.25) is 0 Å². The Bertz CT molecular complexity index is 494. The molecule has 0 saturated carbocycles. The molecule has 4 nitrogen and oxygen atoms in total. The summed E-state index contributed by atoms with van der Waals surface area (Å²) >= 11 is 0. The Balaban J connectivity index is 1.81. The number of carbonyl (C=O) groups is 1. The molecule has 0 unspecified atom stereocenters. The summed E-state index contributed by atoms with van der Waals surface area (Å²) in [6.07, 6.45) is -4.53. The van der Waals surface area contributed by atoms with E-state index in [0.717, 1.165) is 12.1 Å². The van der Waals surface area contributed by atoms with E-state index in [1.54, 1.807) is 4.90 Å². The van der Waals surface area contributed by atoms with Gasteiger partial charge < -0.3 is 15.0 Å². The molecule has 1 aromatic carbocycles. The van der Waals surface area contributed by atoms with Crippen LogP contribution in [0.25, 0.3) is 0 Å². The monoisotopic (exact) mass is 302 g/mol. The summed E-state index contributed by atoms with van der Waals surface area (Å²) in [6.45, 7) is 4.60. The molecule has 0 bridgehead atoms. The van der Waals surface area contributed by atoms with Gasteiger partial charge in [-0.05, 0) is 38.1 Å². The van der Waals surface area contributed by atoms with Crippen LogP contribution in [-0.4, -0.2) is 36.2 Å². The maximum atomic E-state index is 12.4. The Morgan fingerprint density at radius 2 is 1.86 bits per heavy atom. The average molecular weight is 302 g/mol. The second-order valence-electron chi connectivity index (χ2n) is 5.27. The maximum absolute atomic E-state index is 12.4. The molecular weight excluding hydrogens is 285 g/mol. The van der Waals surface area contributed by atoms with Crippen LogP contribution in [-0.2, 0) is 6.18 Å². The highest BCUT2D eigenvalue weighted by atomic mass is 19.4. The number of urea groups is 1. The van der Waals surface area contributed by atoms with Crippen molar-refractivity contribution >= 4 is 6.03 Å². The highest BCUT2D eigenvalue weighted by molar-refractivity contribution is 5.75. The largest absolute Gasteiger partial charge is 0.487 e. The van der Waals surface area contributed by atoms with E-state index >= 15 is 0 Å². The highest BCUT2D eigenvalue weighted by Crippen LogP contribution is 2.30. The Hall–Kier alpha value is -1.92. The number of nitrogens with one attached hydrogen (secondary N) is 1. The van der Waals surface area contributed by atoms with Crippen molar-refractivity contribution in [3.8, 4) is 5.75 Å². The van der Waals surface area contributed by atoms with Gasteiger partial charge in [-0.15, -0.1) is 0 Å². The molecule has 21 heavy (non-hydrogen) atoms. The number of hydrogen-bond donors (Lipinski definition) is 1. The van der Waals surface area contributed by atoms with E-state index in [0.29, 0.717) is 18.8 Å². The Morgan fingerprint density at radius 1 is 1.29 bits per heavy atom. The molecule has 1 fully saturated rings. The van der Waals surface area contributed by atoms with Crippen LogP contribution < -0.4 is 10.1 Å². The van der Waals surface area contributed by atoms with Gasteiger partial charge in [0.1, 0.15) is 11.9 Å². The summed E-state index contributed by atoms with van der Waals surface area (Å²) in [6, 6.07) is 4.46. The third-order valence-electron chi connectivity index (χ3n) is 3.03. The van der Waals surface area contributed by atoms with Gasteiger partial charge in [0.05, 0.1) is 18.7 Å². The van der Waals surface area contributed by atoms with Gasteiger partial charge in [-0.1, -0.05) is 0 Å². The molecule has 0 atom stereocenters. The van der Waals surface area contributed by atoms with E-state index in [9.17, 15) is 18.0 Å². The quantitative estimate of drug-likeness (QED) is 0.933. The van der Waals surface area contributed by atoms with Crippen LogP contribution in [0.5, 0.6) is 5.75 Å². The number of hydrogen-bond acceptors (Lipinski definition) is 2. The predicted molar refractivity (Wildman–Crippen MR) is 71.1 cm³/mol. The van der Waals surface area contributed by atoms with E-state index in [1.807, 2.05) is 13.8 Å². The Kier molecular flexibility index (Phi) is 4.29. The maximum Gasteiger partial charge on any atom is 0.416 e. The van der Waals surface area contributed by atoms with Crippen molar-refractivity contribution in [2.75, 3.05) is 13.1 Å². The van der Waals surface area contributed by atoms with Crippen LogP contribution >= 0.6 is 0 Å². The van der Waals surface area contributed by atoms with Crippen molar-refractivity contribution in [1.82, 2.24) is 10.2 Å². The summed E-state index contributed by atoms with van der Waals surface area (Å²) in [7, 11) is 0. The number of benzene rings is 1. The first kappa shape index (κ1) is 15.5. The molecule has 0 aliphatic carbocycles. The zero-order chi connectivity index (χ0) is 15.6. The summed E-state index contributed by atoms with van der Waals surface area (Å²) in [5.41, 5.74) is -0.707. The molecule has 1 aliphatic heterocycles. The number of rotatable bonds is 3. The van der Waals surface area contributed by atoms with Crippen molar-refractivity contribution in [2.45, 2.75) is 32.2 Å². The number of alkyl halides is 3. The SMILES string of the molecule is CC(C)NC(=O)N1CC(Oc2ccc(C(F)(F)F)cc2)C1. The lowest BCUT2D eigenvalue weighted by molar-refractivity contribution is -0.137. The standard InChI is InChI=1S/C14H17F3N2O2/c1-9(2)18-13(20)19-7-12(8-19)21-11-5-3-10(4-6-11)14(15,16)17/h3-6,9,12H,7-8H2,1-2H3,(H,18,20). The zero-order valence-electron chi connectivity index (χ0n) is 11.8. The lowest BCUT2D eigenvalue weighted by Crippen LogP contribution is -2.59. The van der Waals surface area contributed by atoms with E-state index in [-0.39, 0.29) is 18.2 Å². The first-order chi connectivity index (χ1) is 9.75. The lowest BCUT2D eigenvalue weighted by atomic mass is 10.1. The molecule has 2 rings (SSSR count). The van der Waals surface area contributed by atoms with Crippen molar-refractivity contribution in [3.63, 3.8) is 0 Å². The van der Waals surface area contributed by atoms with Crippen LogP contribution in [0.4, 0.5) is 18.0 Å². The fourth-order valence-electron chi connectivity index (χ4n) is 1.93. The number of halogens is 3. The van der Waals surface area contributed by atoms with E-state index in [2.05, 4.69) is 5.32 Å². The molecule has 7 heteroatoms. The fourth-order valence-corrected chi connectivity index (χ4v) is 1.93. The Labute approximate surface area is 120 Å². The van der Waals surface area contributed by atoms with Crippen molar-refractivity contribution in [2.24, 2.45) is 0 Å². The molecule has 2 amide bonds. The fraction of sp³-hybridized carbons (Fsp3) is 0.500. The van der Waals surface area contributed by atoms with Gasteiger partial charge in [0.25, 0.3) is 0 Å². The van der Waals surface area contributed by atoms with Gasteiger partial charge in [0.15, 0.2) is 0 Å². The first-order valence-corrected chi connectivity index (χ1v) is 6.65. The third-order valence-corrected chi connectivity index (χ3v) is 3.03. The molecular formula is C14H17F3N2O2. The van der Waals surface area contributed by atoms with Crippen LogP contribution in [0.15, 0.2) is 24.3 Å². The van der Waals surface area contributed by atoms with Gasteiger partial charge in [0.2, 0.25) is 0 Å². The second-order valence-corrected chi connectivity index (χ2v) is 5.27. The summed E-state index contributed by atoms with van der Waals surface area (Å²) in [5, 5.41) is 2.76. The second kappa shape index (κ2) is 5.83. The molecule has 1 aromatic rings. The van der Waals surface area contributed by atoms with Crippen LogP contribution in [0.1, 0.15) is 19.4 Å². The van der Waals surface area contributed by atoms with Crippen molar-refractivity contribution in [3.05, 3.63) is 29.8 Å². The van der Waals surface area contributed by atoms with Gasteiger partial charge in [-0.2, -0.15) is 13.2 Å². The van der Waals surface area contributed by atoms with Crippen molar-refractivity contribution < 1.29 is 22.7 Å². The predicted octanol–water partition coefficient (Wildman–Crippen LogP) is 2.89. The lowest BCUT2D eigenvalue weighted by Gasteiger charge is -2.39. The summed E-state index contributed by atoms with van der Waals surface area (Å²) in [5.74, 6) is 0.372. The number of carbonyl (C=O) groups excluding carboxylic acids is 1. The topological polar surface area (TPSA) is 41.6 Å². The molecule has 116 valence electrons. The van der Waals surface area contributed by atoms with E-state index in [1.165, 1.54) is 12.1 Å². The van der Waals surface area contributed by atoms with Gasteiger partial charge in [-0.25, -0.2) is 4.79 Å². The van der Waals surface area contributed by atoms with Gasteiger partial charge in [-0.3, -0.25) is 0 Å². The molecule has 1 N–H and O–H groups in total. The smallest absolute Gasteiger partial charge is 0.416 e. The highest BCUT2D eigenvalue weighted by Gasteiger charge is 2.33. The van der Waals surface area contributed by atoms with Gasteiger partial charge in [0, 0.05) is 6.04 Å². The molecule has 0 spiro atoms. The average Bonchev–Trinajstić information content (AvgIpc) is 2.31. The minimum atomic E-state index is -4.35. The zero-order valence-corrected chi connectivity index (χ0v) is 11.8. The molecule has 1 heterocycles. The molecule has 0 aromatic heterocycles. The molecule has 1 aliphatic rings. The van der Waals surface area contributed by atoms with Gasteiger partial charge >= 0.3 is 12.2 Å². The van der Waals surface area contributed by atoms with E-state index in [4.69, 9.17) is 4.74 Å². The number of nitrogens with zero attached hydrogens (tertiary/aromatic N) is 1. The van der Waals surface area contributed by atoms with E-state index < -0.39 is 11.7 Å². The first-order valence-electron chi connectivity index (χ1n) is 6.65. The molecule has 0 radical (unpaired) electrons. The number of amides is 2. The number of likely N-dealkylation sites (tertiary alicyclic amines) is 1. The summed E-state index contributed by atoms with van der Waals surface area (Å²) < 4.78 is 42.7. The number of ether oxygens (including phenoxy) is 1. The normalized spacial score (nSPS) is 15.8. The van der Waals surface area contributed by atoms with Crippen LogP contribution in [0.3, 0.4) is 0 Å². The third kappa shape index (κ3) is 4.03. The minimum Gasteiger partial charge on any atom is -0.487 e. The van der Waals surface area contributed by atoms with Crippen LogP contribution in [0, 0.1) is 0 Å². The minimum absolute atomic E-state index is 0.0624. The molecule has 1 saturated heterocycles.